The molecule has 0 saturated carbocycles. The maximum Gasteiger partial charge on any atom is 0.326 e. The minimum atomic E-state index is -0.952. The third-order valence-corrected chi connectivity index (χ3v) is 3.78. The minimum Gasteiger partial charge on any atom is -0.480 e. The van der Waals surface area contributed by atoms with Gasteiger partial charge in [0.2, 0.25) is 5.91 Å². The molecule has 104 valence electrons. The van der Waals surface area contributed by atoms with Crippen LogP contribution in [0.5, 0.6) is 0 Å². The van der Waals surface area contributed by atoms with Crippen LogP contribution in [0.25, 0.3) is 0 Å². The standard InChI is InChI=1S/C13H24N2O3/c1-3-5-13(6-8-14-9-7-13)12(18)15-10(4-2)11(16)17/h10,14H,3-9H2,1-2H3,(H,15,18)(H,16,17)/t10-/m1/s1. The number of hydrogen-bond donors (Lipinski definition) is 3. The number of carboxylic acids is 1. The molecule has 1 atom stereocenters. The first kappa shape index (κ1) is 15.0. The van der Waals surface area contributed by atoms with Gasteiger partial charge in [-0.3, -0.25) is 4.79 Å². The van der Waals surface area contributed by atoms with E-state index >= 15 is 0 Å². The van der Waals surface area contributed by atoms with Gasteiger partial charge in [-0.05, 0) is 38.8 Å². The minimum absolute atomic E-state index is 0.0832. The fraction of sp³-hybridized carbons (Fsp3) is 0.846. The van der Waals surface area contributed by atoms with Crippen LogP contribution < -0.4 is 10.6 Å². The molecule has 1 aliphatic heterocycles. The zero-order valence-electron chi connectivity index (χ0n) is 11.3. The Bertz CT molecular complexity index is 293. The van der Waals surface area contributed by atoms with Crippen LogP contribution in [-0.2, 0) is 9.59 Å². The summed E-state index contributed by atoms with van der Waals surface area (Å²) in [5.41, 5.74) is -0.372. The molecule has 1 amide bonds. The van der Waals surface area contributed by atoms with Gasteiger partial charge < -0.3 is 15.7 Å². The first-order valence-electron chi connectivity index (χ1n) is 6.80. The second-order valence-corrected chi connectivity index (χ2v) is 5.05. The maximum atomic E-state index is 12.4. The van der Waals surface area contributed by atoms with Crippen molar-refractivity contribution < 1.29 is 14.7 Å². The summed E-state index contributed by atoms with van der Waals surface area (Å²) in [6.45, 7) is 5.49. The summed E-state index contributed by atoms with van der Waals surface area (Å²) in [6, 6.07) is -0.763. The van der Waals surface area contributed by atoms with E-state index in [2.05, 4.69) is 17.6 Å². The number of nitrogens with one attached hydrogen (secondary N) is 2. The molecule has 3 N–H and O–H groups in total. The maximum absolute atomic E-state index is 12.4. The number of carboxylic acid groups (broad SMARTS) is 1. The van der Waals surface area contributed by atoms with Crippen LogP contribution in [-0.4, -0.2) is 36.1 Å². The van der Waals surface area contributed by atoms with Crippen molar-refractivity contribution >= 4 is 11.9 Å². The largest absolute Gasteiger partial charge is 0.480 e. The van der Waals surface area contributed by atoms with Gasteiger partial charge in [0.05, 0.1) is 5.41 Å². The number of aliphatic carboxylic acids is 1. The number of piperidine rings is 1. The van der Waals surface area contributed by atoms with Crippen LogP contribution >= 0.6 is 0 Å². The summed E-state index contributed by atoms with van der Waals surface area (Å²) in [5, 5.41) is 14.9. The van der Waals surface area contributed by atoms with Gasteiger partial charge in [-0.25, -0.2) is 4.79 Å². The van der Waals surface area contributed by atoms with Gasteiger partial charge in [-0.2, -0.15) is 0 Å². The van der Waals surface area contributed by atoms with E-state index in [9.17, 15) is 9.59 Å². The first-order chi connectivity index (χ1) is 8.55. The molecule has 0 aromatic carbocycles. The van der Waals surface area contributed by atoms with E-state index in [-0.39, 0.29) is 11.3 Å². The second kappa shape index (κ2) is 6.73. The van der Waals surface area contributed by atoms with Crippen molar-refractivity contribution in [3.63, 3.8) is 0 Å². The average Bonchev–Trinajstić information content (AvgIpc) is 2.36. The quantitative estimate of drug-likeness (QED) is 0.666. The first-order valence-corrected chi connectivity index (χ1v) is 6.80. The highest BCUT2D eigenvalue weighted by molar-refractivity contribution is 5.87. The van der Waals surface area contributed by atoms with Gasteiger partial charge >= 0.3 is 5.97 Å². The predicted molar refractivity (Wildman–Crippen MR) is 69.3 cm³/mol. The van der Waals surface area contributed by atoms with Crippen LogP contribution in [0.2, 0.25) is 0 Å². The van der Waals surface area contributed by atoms with E-state index in [0.717, 1.165) is 38.8 Å². The fourth-order valence-corrected chi connectivity index (χ4v) is 2.62. The molecule has 1 fully saturated rings. The Morgan fingerprint density at radius 2 is 1.94 bits per heavy atom. The van der Waals surface area contributed by atoms with Gasteiger partial charge in [-0.1, -0.05) is 20.3 Å². The lowest BCUT2D eigenvalue weighted by molar-refractivity contribution is -0.144. The van der Waals surface area contributed by atoms with Crippen LogP contribution in [0.1, 0.15) is 46.0 Å². The Kier molecular flexibility index (Phi) is 5.59. The summed E-state index contributed by atoms with van der Waals surface area (Å²) >= 11 is 0. The predicted octanol–water partition coefficient (Wildman–Crippen LogP) is 1.14. The lowest BCUT2D eigenvalue weighted by Crippen LogP contribution is -2.51. The summed E-state index contributed by atoms with van der Waals surface area (Å²) in [7, 11) is 0. The van der Waals surface area contributed by atoms with Gasteiger partial charge in [-0.15, -0.1) is 0 Å². The number of carbonyl (C=O) groups is 2. The molecular formula is C13H24N2O3. The second-order valence-electron chi connectivity index (χ2n) is 5.05. The van der Waals surface area contributed by atoms with E-state index < -0.39 is 12.0 Å². The zero-order valence-corrected chi connectivity index (χ0v) is 11.3. The summed E-state index contributed by atoms with van der Waals surface area (Å²) < 4.78 is 0. The Morgan fingerprint density at radius 1 is 1.33 bits per heavy atom. The van der Waals surface area contributed by atoms with Crippen molar-refractivity contribution in [2.75, 3.05) is 13.1 Å². The number of carbonyl (C=O) groups excluding carboxylic acids is 1. The van der Waals surface area contributed by atoms with Crippen LogP contribution in [0.15, 0.2) is 0 Å². The Balaban J connectivity index is 2.73. The van der Waals surface area contributed by atoms with Gasteiger partial charge in [0.15, 0.2) is 0 Å². The molecule has 0 bridgehead atoms. The molecule has 1 rings (SSSR count). The molecule has 18 heavy (non-hydrogen) atoms. The average molecular weight is 256 g/mol. The van der Waals surface area contributed by atoms with Gasteiger partial charge in [0, 0.05) is 0 Å². The van der Waals surface area contributed by atoms with Crippen molar-refractivity contribution in [3.8, 4) is 0 Å². The van der Waals surface area contributed by atoms with Crippen molar-refractivity contribution in [2.45, 2.75) is 52.0 Å². The Hall–Kier alpha value is -1.10. The van der Waals surface area contributed by atoms with Crippen LogP contribution in [0.4, 0.5) is 0 Å². The number of rotatable bonds is 6. The SMILES string of the molecule is CCCC1(C(=O)N[C@H](CC)C(=O)O)CCNCC1. The van der Waals surface area contributed by atoms with Crippen LogP contribution in [0.3, 0.4) is 0 Å². The van der Waals surface area contributed by atoms with E-state index in [1.54, 1.807) is 6.92 Å². The zero-order chi connectivity index (χ0) is 13.6. The van der Waals surface area contributed by atoms with E-state index in [4.69, 9.17) is 5.11 Å². The molecule has 0 unspecified atom stereocenters. The molecule has 1 saturated heterocycles. The fourth-order valence-electron chi connectivity index (χ4n) is 2.62. The van der Waals surface area contributed by atoms with Gasteiger partial charge in [0.1, 0.15) is 6.04 Å². The molecule has 0 spiro atoms. The topological polar surface area (TPSA) is 78.4 Å². The van der Waals surface area contributed by atoms with Crippen molar-refractivity contribution in [3.05, 3.63) is 0 Å². The Labute approximate surface area is 108 Å². The lowest BCUT2D eigenvalue weighted by atomic mass is 9.74. The van der Waals surface area contributed by atoms with Crippen molar-refractivity contribution in [2.24, 2.45) is 5.41 Å². The monoisotopic (exact) mass is 256 g/mol. The molecule has 1 heterocycles. The third-order valence-electron chi connectivity index (χ3n) is 3.78. The molecule has 0 radical (unpaired) electrons. The number of amides is 1. The summed E-state index contributed by atoms with van der Waals surface area (Å²) in [6.07, 6.45) is 3.78. The summed E-state index contributed by atoms with van der Waals surface area (Å²) in [4.78, 5) is 23.4. The highest BCUT2D eigenvalue weighted by atomic mass is 16.4. The molecule has 0 aliphatic carbocycles. The van der Waals surface area contributed by atoms with Crippen molar-refractivity contribution in [1.82, 2.24) is 10.6 Å². The van der Waals surface area contributed by atoms with E-state index in [1.165, 1.54) is 0 Å². The molecule has 1 aliphatic rings. The normalized spacial score (nSPS) is 20.1. The molecule has 0 aromatic heterocycles. The molecule has 5 nitrogen and oxygen atoms in total. The summed E-state index contributed by atoms with van der Waals surface area (Å²) in [5.74, 6) is -1.04. The molecular weight excluding hydrogens is 232 g/mol. The van der Waals surface area contributed by atoms with Crippen molar-refractivity contribution in [1.29, 1.82) is 0 Å². The van der Waals surface area contributed by atoms with Gasteiger partial charge in [0.25, 0.3) is 0 Å². The highest BCUT2D eigenvalue weighted by Crippen LogP contribution is 2.34. The van der Waals surface area contributed by atoms with Crippen LogP contribution in [0, 0.1) is 5.41 Å². The van der Waals surface area contributed by atoms with E-state index in [1.807, 2.05) is 0 Å². The number of hydrogen-bond acceptors (Lipinski definition) is 3. The lowest BCUT2D eigenvalue weighted by Gasteiger charge is -2.36. The van der Waals surface area contributed by atoms with E-state index in [0.29, 0.717) is 6.42 Å². The molecule has 5 heteroatoms. The highest BCUT2D eigenvalue weighted by Gasteiger charge is 2.39. The third kappa shape index (κ3) is 3.45. The Morgan fingerprint density at radius 3 is 2.39 bits per heavy atom. The smallest absolute Gasteiger partial charge is 0.326 e. The molecule has 0 aromatic rings.